The third-order valence-corrected chi connectivity index (χ3v) is 5.21. The molecule has 4 aromatic rings. The Kier molecular flexibility index (Phi) is 6.13. The average Bonchev–Trinajstić information content (AvgIpc) is 3.21. The van der Waals surface area contributed by atoms with E-state index in [1.54, 1.807) is 28.9 Å². The molecule has 1 heterocycles. The topological polar surface area (TPSA) is 64.0 Å². The largest absolute Gasteiger partial charge is 0.342 e. The van der Waals surface area contributed by atoms with E-state index in [0.717, 1.165) is 34.8 Å². The summed E-state index contributed by atoms with van der Waals surface area (Å²) in [6.45, 7) is 3.36. The van der Waals surface area contributed by atoms with Crippen molar-refractivity contribution in [1.82, 2.24) is 15.1 Å². The monoisotopic (exact) mass is 445 g/mol. The molecule has 33 heavy (non-hydrogen) atoms. The van der Waals surface area contributed by atoms with Gasteiger partial charge in [-0.15, -0.1) is 0 Å². The van der Waals surface area contributed by atoms with Gasteiger partial charge in [0.05, 0.1) is 28.7 Å². The van der Waals surface area contributed by atoms with Crippen LogP contribution in [0.15, 0.2) is 78.9 Å². The second kappa shape index (κ2) is 9.16. The van der Waals surface area contributed by atoms with E-state index in [9.17, 15) is 18.4 Å². The number of amides is 1. The van der Waals surface area contributed by atoms with Crippen LogP contribution in [0.4, 0.5) is 8.78 Å². The SMILES string of the molecule is Cc1cc(-c2ccccc2)n(-c2ccc(C(=O)NC(C)C(=O)c3ccc(F)cc3F)cc2)n1. The summed E-state index contributed by atoms with van der Waals surface area (Å²) in [5.74, 6) is -2.86. The fourth-order valence-electron chi connectivity index (χ4n) is 3.53. The lowest BCUT2D eigenvalue weighted by Crippen LogP contribution is -2.38. The zero-order valence-corrected chi connectivity index (χ0v) is 18.0. The first-order valence-corrected chi connectivity index (χ1v) is 10.4. The molecule has 3 aromatic carbocycles. The molecule has 0 spiro atoms. The van der Waals surface area contributed by atoms with Crippen LogP contribution in [0.1, 0.15) is 33.3 Å². The van der Waals surface area contributed by atoms with Crippen LogP contribution in [0.25, 0.3) is 16.9 Å². The van der Waals surface area contributed by atoms with Gasteiger partial charge in [0.15, 0.2) is 5.78 Å². The maximum absolute atomic E-state index is 13.9. The zero-order valence-electron chi connectivity index (χ0n) is 18.0. The van der Waals surface area contributed by atoms with Gasteiger partial charge < -0.3 is 5.32 Å². The molecule has 4 rings (SSSR count). The number of benzene rings is 3. The van der Waals surface area contributed by atoms with E-state index in [1.807, 2.05) is 43.3 Å². The zero-order chi connectivity index (χ0) is 23.5. The first-order valence-electron chi connectivity index (χ1n) is 10.4. The average molecular weight is 445 g/mol. The highest BCUT2D eigenvalue weighted by molar-refractivity contribution is 6.04. The molecule has 0 radical (unpaired) electrons. The van der Waals surface area contributed by atoms with Crippen molar-refractivity contribution in [2.45, 2.75) is 19.9 Å². The van der Waals surface area contributed by atoms with Crippen molar-refractivity contribution < 1.29 is 18.4 Å². The molecule has 0 aliphatic carbocycles. The molecule has 1 aromatic heterocycles. The predicted molar refractivity (Wildman–Crippen MR) is 121 cm³/mol. The lowest BCUT2D eigenvalue weighted by molar-refractivity contribution is 0.0863. The summed E-state index contributed by atoms with van der Waals surface area (Å²) >= 11 is 0. The smallest absolute Gasteiger partial charge is 0.251 e. The van der Waals surface area contributed by atoms with Gasteiger partial charge >= 0.3 is 0 Å². The van der Waals surface area contributed by atoms with Crippen molar-refractivity contribution in [2.24, 2.45) is 0 Å². The molecular weight excluding hydrogens is 424 g/mol. The van der Waals surface area contributed by atoms with Gasteiger partial charge in [-0.05, 0) is 56.3 Å². The summed E-state index contributed by atoms with van der Waals surface area (Å²) in [5.41, 5.74) is 3.63. The van der Waals surface area contributed by atoms with Crippen molar-refractivity contribution >= 4 is 11.7 Å². The Morgan fingerprint density at radius 1 is 0.939 bits per heavy atom. The number of nitrogens with zero attached hydrogens (tertiary/aromatic N) is 2. The summed E-state index contributed by atoms with van der Waals surface area (Å²) in [6.07, 6.45) is 0. The number of halogens is 2. The van der Waals surface area contributed by atoms with Gasteiger partial charge in [0.25, 0.3) is 5.91 Å². The standard InChI is InChI=1S/C26H21F2N3O2/c1-16-14-24(18-6-4-3-5-7-18)31(30-16)21-11-8-19(9-12-21)26(33)29-17(2)25(32)22-13-10-20(27)15-23(22)28/h3-15,17H,1-2H3,(H,29,33). The van der Waals surface area contributed by atoms with Crippen LogP contribution < -0.4 is 5.32 Å². The third-order valence-electron chi connectivity index (χ3n) is 5.21. The summed E-state index contributed by atoms with van der Waals surface area (Å²) in [7, 11) is 0. The number of aromatic nitrogens is 2. The Morgan fingerprint density at radius 3 is 2.30 bits per heavy atom. The number of ketones is 1. The molecule has 1 unspecified atom stereocenters. The molecule has 7 heteroatoms. The molecule has 1 N–H and O–H groups in total. The van der Waals surface area contributed by atoms with Gasteiger partial charge in [0, 0.05) is 17.2 Å². The van der Waals surface area contributed by atoms with Crippen molar-refractivity contribution in [3.8, 4) is 16.9 Å². The molecule has 0 aliphatic heterocycles. The molecular formula is C26H21F2N3O2. The van der Waals surface area contributed by atoms with Gasteiger partial charge in [-0.3, -0.25) is 9.59 Å². The van der Waals surface area contributed by atoms with Crippen LogP contribution in [-0.4, -0.2) is 27.5 Å². The Hall–Kier alpha value is -4.13. The van der Waals surface area contributed by atoms with Gasteiger partial charge in [0.2, 0.25) is 0 Å². The van der Waals surface area contributed by atoms with Crippen molar-refractivity contribution in [2.75, 3.05) is 0 Å². The highest BCUT2D eigenvalue weighted by Gasteiger charge is 2.21. The van der Waals surface area contributed by atoms with Gasteiger partial charge in [0.1, 0.15) is 11.6 Å². The van der Waals surface area contributed by atoms with Gasteiger partial charge in [-0.25, -0.2) is 13.5 Å². The molecule has 0 bridgehead atoms. The predicted octanol–water partition coefficient (Wildman–Crippen LogP) is 5.13. The maximum atomic E-state index is 13.9. The first-order chi connectivity index (χ1) is 15.8. The summed E-state index contributed by atoms with van der Waals surface area (Å²) < 4.78 is 28.8. The molecule has 0 saturated heterocycles. The lowest BCUT2D eigenvalue weighted by atomic mass is 10.0. The van der Waals surface area contributed by atoms with Crippen molar-refractivity contribution in [3.05, 3.63) is 107 Å². The number of hydrogen-bond acceptors (Lipinski definition) is 3. The van der Waals surface area contributed by atoms with E-state index in [4.69, 9.17) is 0 Å². The minimum Gasteiger partial charge on any atom is -0.342 e. The Labute approximate surface area is 189 Å². The van der Waals surface area contributed by atoms with Gasteiger partial charge in [-0.1, -0.05) is 30.3 Å². The lowest BCUT2D eigenvalue weighted by Gasteiger charge is -2.14. The second-order valence-electron chi connectivity index (χ2n) is 7.68. The summed E-state index contributed by atoms with van der Waals surface area (Å²) in [4.78, 5) is 25.1. The quantitative estimate of drug-likeness (QED) is 0.419. The van der Waals surface area contributed by atoms with Gasteiger partial charge in [-0.2, -0.15) is 5.10 Å². The Bertz CT molecular complexity index is 1320. The Balaban J connectivity index is 1.51. The first kappa shape index (κ1) is 22.1. The minimum atomic E-state index is -0.990. The van der Waals surface area contributed by atoms with E-state index >= 15 is 0 Å². The number of carbonyl (C=O) groups excluding carboxylic acids is 2. The van der Waals surface area contributed by atoms with Crippen LogP contribution >= 0.6 is 0 Å². The fraction of sp³-hybridized carbons (Fsp3) is 0.115. The third kappa shape index (κ3) is 4.72. The van der Waals surface area contributed by atoms with E-state index in [0.29, 0.717) is 11.6 Å². The Morgan fingerprint density at radius 2 is 1.64 bits per heavy atom. The number of carbonyl (C=O) groups is 2. The molecule has 1 atom stereocenters. The summed E-state index contributed by atoms with van der Waals surface area (Å²) in [6, 6.07) is 20.3. The number of rotatable bonds is 6. The van der Waals surface area contributed by atoms with Crippen molar-refractivity contribution in [3.63, 3.8) is 0 Å². The van der Waals surface area contributed by atoms with Crippen LogP contribution in [0.2, 0.25) is 0 Å². The van der Waals surface area contributed by atoms with E-state index in [1.165, 1.54) is 6.92 Å². The minimum absolute atomic E-state index is 0.276. The molecule has 0 fully saturated rings. The molecule has 0 saturated carbocycles. The van der Waals surface area contributed by atoms with E-state index in [-0.39, 0.29) is 5.56 Å². The van der Waals surface area contributed by atoms with E-state index in [2.05, 4.69) is 10.4 Å². The van der Waals surface area contributed by atoms with E-state index < -0.39 is 29.4 Å². The summed E-state index contributed by atoms with van der Waals surface area (Å²) in [5, 5.41) is 7.13. The fourth-order valence-corrected chi connectivity index (χ4v) is 3.53. The highest BCUT2D eigenvalue weighted by atomic mass is 19.1. The number of nitrogens with one attached hydrogen (secondary N) is 1. The number of hydrogen-bond donors (Lipinski definition) is 1. The maximum Gasteiger partial charge on any atom is 0.251 e. The highest BCUT2D eigenvalue weighted by Crippen LogP contribution is 2.24. The molecule has 1 amide bonds. The second-order valence-corrected chi connectivity index (χ2v) is 7.68. The van der Waals surface area contributed by atoms with Crippen LogP contribution in [0.3, 0.4) is 0 Å². The van der Waals surface area contributed by atoms with Crippen LogP contribution in [0.5, 0.6) is 0 Å². The van der Waals surface area contributed by atoms with Crippen LogP contribution in [0, 0.1) is 18.6 Å². The number of aryl methyl sites for hydroxylation is 1. The number of Topliss-reactive ketones (excluding diaryl/α,β-unsaturated/α-hetero) is 1. The van der Waals surface area contributed by atoms with Crippen molar-refractivity contribution in [1.29, 1.82) is 0 Å². The normalized spacial score (nSPS) is 11.8. The molecule has 5 nitrogen and oxygen atoms in total. The van der Waals surface area contributed by atoms with Crippen LogP contribution in [-0.2, 0) is 0 Å². The molecule has 166 valence electrons. The molecule has 0 aliphatic rings.